The van der Waals surface area contributed by atoms with E-state index in [2.05, 4.69) is 20.8 Å². The molecule has 0 amide bonds. The maximum absolute atomic E-state index is 6.20. The molecule has 2 heteroatoms. The van der Waals surface area contributed by atoms with Crippen LogP contribution < -0.4 is 0 Å². The lowest BCUT2D eigenvalue weighted by atomic mass is 9.99. The average molecular weight is 207 g/mol. The van der Waals surface area contributed by atoms with E-state index in [0.717, 1.165) is 12.8 Å². The Bertz CT molecular complexity index is 123. The predicted octanol–water partition coefficient (Wildman–Crippen LogP) is 3.99. The molecule has 0 saturated heterocycles. The van der Waals surface area contributed by atoms with Crippen molar-refractivity contribution in [1.29, 1.82) is 0 Å². The van der Waals surface area contributed by atoms with Gasteiger partial charge in [0.05, 0.1) is 5.60 Å². The quantitative estimate of drug-likeness (QED) is 0.452. The highest BCUT2D eigenvalue weighted by atomic mass is 35.5. The Labute approximate surface area is 87.8 Å². The Morgan fingerprint density at radius 1 is 1.31 bits per heavy atom. The number of halogens is 1. The second kappa shape index (κ2) is 6.67. The van der Waals surface area contributed by atoms with E-state index in [1.165, 1.54) is 19.3 Å². The van der Waals surface area contributed by atoms with Crippen molar-refractivity contribution in [1.82, 2.24) is 0 Å². The van der Waals surface area contributed by atoms with Crippen LogP contribution in [0.5, 0.6) is 0 Å². The summed E-state index contributed by atoms with van der Waals surface area (Å²) in [5.41, 5.74) is -0.0708. The lowest BCUT2D eigenvalue weighted by Crippen LogP contribution is -2.26. The summed E-state index contributed by atoms with van der Waals surface area (Å²) in [4.78, 5) is 0. The van der Waals surface area contributed by atoms with Crippen molar-refractivity contribution in [3.8, 4) is 0 Å². The molecule has 0 saturated carbocycles. The van der Waals surface area contributed by atoms with Gasteiger partial charge in [-0.05, 0) is 26.7 Å². The van der Waals surface area contributed by atoms with Crippen LogP contribution in [0.4, 0.5) is 0 Å². The molecule has 0 N–H and O–H groups in total. The molecule has 0 aromatic carbocycles. The molecule has 1 nitrogen and oxygen atoms in total. The van der Waals surface area contributed by atoms with Gasteiger partial charge in [0.15, 0.2) is 0 Å². The Hall–Kier alpha value is 0.250. The van der Waals surface area contributed by atoms with Gasteiger partial charge in [0.1, 0.15) is 0 Å². The van der Waals surface area contributed by atoms with Crippen LogP contribution >= 0.6 is 11.6 Å². The zero-order valence-electron chi connectivity index (χ0n) is 9.40. The third-order valence-electron chi connectivity index (χ3n) is 2.39. The maximum Gasteiger partial charge on any atom is 0.0636 e. The Morgan fingerprint density at radius 3 is 2.38 bits per heavy atom. The standard InChI is InChI=1S/C11H23ClO/c1-5-6-7-8-10(12)9-11(2,3)13-4/h10H,5-9H2,1-4H3. The molecule has 0 radical (unpaired) electrons. The number of unbranched alkanes of at least 4 members (excludes halogenated alkanes) is 2. The van der Waals surface area contributed by atoms with Crippen molar-refractivity contribution in [2.45, 2.75) is 63.9 Å². The van der Waals surface area contributed by atoms with Crippen LogP contribution in [0.2, 0.25) is 0 Å². The summed E-state index contributed by atoms with van der Waals surface area (Å²) in [5, 5.41) is 0.265. The van der Waals surface area contributed by atoms with E-state index in [0.29, 0.717) is 0 Å². The topological polar surface area (TPSA) is 9.23 Å². The van der Waals surface area contributed by atoms with Gasteiger partial charge in [0.25, 0.3) is 0 Å². The van der Waals surface area contributed by atoms with Crippen LogP contribution in [-0.2, 0) is 4.74 Å². The van der Waals surface area contributed by atoms with Gasteiger partial charge in [0.2, 0.25) is 0 Å². The molecule has 0 aliphatic rings. The minimum absolute atomic E-state index is 0.0708. The SMILES string of the molecule is CCCCCC(Cl)CC(C)(C)OC. The third-order valence-corrected chi connectivity index (χ3v) is 2.76. The van der Waals surface area contributed by atoms with Gasteiger partial charge in [-0.1, -0.05) is 26.2 Å². The van der Waals surface area contributed by atoms with Crippen molar-refractivity contribution >= 4 is 11.6 Å². The average Bonchev–Trinajstić information content (AvgIpc) is 2.04. The monoisotopic (exact) mass is 206 g/mol. The van der Waals surface area contributed by atoms with E-state index in [9.17, 15) is 0 Å². The number of rotatable bonds is 7. The smallest absolute Gasteiger partial charge is 0.0636 e. The molecule has 0 bridgehead atoms. The van der Waals surface area contributed by atoms with E-state index in [1.807, 2.05) is 0 Å². The molecule has 0 aliphatic heterocycles. The van der Waals surface area contributed by atoms with Crippen LogP contribution in [0.3, 0.4) is 0 Å². The fraction of sp³-hybridized carbons (Fsp3) is 1.00. The van der Waals surface area contributed by atoms with Gasteiger partial charge in [-0.25, -0.2) is 0 Å². The zero-order valence-corrected chi connectivity index (χ0v) is 10.2. The molecule has 0 aromatic rings. The molecule has 0 rings (SSSR count). The summed E-state index contributed by atoms with van der Waals surface area (Å²) >= 11 is 6.20. The summed E-state index contributed by atoms with van der Waals surface area (Å²) in [6, 6.07) is 0. The predicted molar refractivity (Wildman–Crippen MR) is 59.5 cm³/mol. The van der Waals surface area contributed by atoms with Gasteiger partial charge in [0, 0.05) is 12.5 Å². The number of alkyl halides is 1. The second-order valence-corrected chi connectivity index (χ2v) is 4.88. The Kier molecular flexibility index (Phi) is 6.79. The van der Waals surface area contributed by atoms with Crippen molar-refractivity contribution in [2.75, 3.05) is 7.11 Å². The first-order valence-electron chi connectivity index (χ1n) is 5.21. The Morgan fingerprint density at radius 2 is 1.92 bits per heavy atom. The molecule has 1 unspecified atom stereocenters. The number of methoxy groups -OCH3 is 1. The van der Waals surface area contributed by atoms with E-state index >= 15 is 0 Å². The lowest BCUT2D eigenvalue weighted by Gasteiger charge is -2.25. The fourth-order valence-corrected chi connectivity index (χ4v) is 1.86. The zero-order chi connectivity index (χ0) is 10.3. The summed E-state index contributed by atoms with van der Waals surface area (Å²) < 4.78 is 5.33. The molecule has 80 valence electrons. The van der Waals surface area contributed by atoms with Crippen molar-refractivity contribution in [3.05, 3.63) is 0 Å². The molecule has 1 atom stereocenters. The van der Waals surface area contributed by atoms with Gasteiger partial charge in [-0.3, -0.25) is 0 Å². The van der Waals surface area contributed by atoms with Gasteiger partial charge >= 0.3 is 0 Å². The molecule has 13 heavy (non-hydrogen) atoms. The first-order valence-corrected chi connectivity index (χ1v) is 5.64. The largest absolute Gasteiger partial charge is 0.379 e. The van der Waals surface area contributed by atoms with Crippen LogP contribution in [0.25, 0.3) is 0 Å². The molecule has 0 aliphatic carbocycles. The van der Waals surface area contributed by atoms with Crippen molar-refractivity contribution in [2.24, 2.45) is 0 Å². The highest BCUT2D eigenvalue weighted by Gasteiger charge is 2.20. The number of hydrogen-bond donors (Lipinski definition) is 0. The van der Waals surface area contributed by atoms with Crippen molar-refractivity contribution < 1.29 is 4.74 Å². The minimum atomic E-state index is -0.0708. The van der Waals surface area contributed by atoms with E-state index < -0.39 is 0 Å². The lowest BCUT2D eigenvalue weighted by molar-refractivity contribution is 0.0143. The first-order chi connectivity index (χ1) is 6.02. The third kappa shape index (κ3) is 7.33. The summed E-state index contributed by atoms with van der Waals surface area (Å²) in [5.74, 6) is 0. The highest BCUT2D eigenvalue weighted by molar-refractivity contribution is 6.20. The highest BCUT2D eigenvalue weighted by Crippen LogP contribution is 2.22. The fourth-order valence-electron chi connectivity index (χ4n) is 1.33. The number of hydrogen-bond acceptors (Lipinski definition) is 1. The van der Waals surface area contributed by atoms with Gasteiger partial charge in [-0.2, -0.15) is 0 Å². The van der Waals surface area contributed by atoms with Gasteiger partial charge in [-0.15, -0.1) is 11.6 Å². The van der Waals surface area contributed by atoms with E-state index in [-0.39, 0.29) is 11.0 Å². The van der Waals surface area contributed by atoms with Crippen LogP contribution in [0.15, 0.2) is 0 Å². The van der Waals surface area contributed by atoms with E-state index in [1.54, 1.807) is 7.11 Å². The molecule has 0 fully saturated rings. The molecule has 0 heterocycles. The second-order valence-electron chi connectivity index (χ2n) is 4.26. The molecule has 0 spiro atoms. The van der Waals surface area contributed by atoms with Crippen LogP contribution in [-0.4, -0.2) is 18.1 Å². The number of ether oxygens (including phenoxy) is 1. The van der Waals surface area contributed by atoms with Crippen LogP contribution in [0, 0.1) is 0 Å². The van der Waals surface area contributed by atoms with Gasteiger partial charge < -0.3 is 4.74 Å². The minimum Gasteiger partial charge on any atom is -0.379 e. The molecular weight excluding hydrogens is 184 g/mol. The van der Waals surface area contributed by atoms with Crippen LogP contribution in [0.1, 0.15) is 52.9 Å². The van der Waals surface area contributed by atoms with Crippen molar-refractivity contribution in [3.63, 3.8) is 0 Å². The Balaban J connectivity index is 3.55. The molecular formula is C11H23ClO. The summed E-state index contributed by atoms with van der Waals surface area (Å²) in [6.07, 6.45) is 5.84. The molecule has 0 aromatic heterocycles. The normalized spacial score (nSPS) is 14.5. The summed E-state index contributed by atoms with van der Waals surface area (Å²) in [6.45, 7) is 6.38. The summed E-state index contributed by atoms with van der Waals surface area (Å²) in [7, 11) is 1.75. The maximum atomic E-state index is 6.20. The first kappa shape index (κ1) is 13.2. The van der Waals surface area contributed by atoms with E-state index in [4.69, 9.17) is 16.3 Å².